The number of nitrogens with zero attached hydrogens (tertiary/aromatic N) is 2. The van der Waals surface area contributed by atoms with Crippen LogP contribution in [0.2, 0.25) is 0 Å². The van der Waals surface area contributed by atoms with Crippen molar-refractivity contribution in [1.29, 1.82) is 5.41 Å². The molecule has 2 heterocycles. The highest BCUT2D eigenvalue weighted by molar-refractivity contribution is 6.10. The monoisotopic (exact) mass is 373 g/mol. The molecule has 1 aromatic rings. The third-order valence-electron chi connectivity index (χ3n) is 4.45. The van der Waals surface area contributed by atoms with E-state index in [1.165, 1.54) is 17.2 Å². The fraction of sp³-hybridized carbons (Fsp3) is 0.474. The van der Waals surface area contributed by atoms with E-state index in [-0.39, 0.29) is 23.1 Å². The summed E-state index contributed by atoms with van der Waals surface area (Å²) in [5.74, 6) is -0.754. The van der Waals surface area contributed by atoms with Crippen LogP contribution in [0.3, 0.4) is 0 Å². The van der Waals surface area contributed by atoms with Gasteiger partial charge in [-0.1, -0.05) is 19.9 Å². The summed E-state index contributed by atoms with van der Waals surface area (Å²) in [5.41, 5.74) is -1.06. The van der Waals surface area contributed by atoms with Gasteiger partial charge in [-0.15, -0.1) is 0 Å². The summed E-state index contributed by atoms with van der Waals surface area (Å²) in [6.07, 6.45) is 2.10. The Kier molecular flexibility index (Phi) is 5.70. The number of hydrogen-bond acceptors (Lipinski definition) is 6. The molecule has 1 aromatic heterocycles. The maximum absolute atomic E-state index is 12.6. The predicted molar refractivity (Wildman–Crippen MR) is 102 cm³/mol. The van der Waals surface area contributed by atoms with Crippen LogP contribution in [0.25, 0.3) is 0 Å². The molecule has 0 unspecified atom stereocenters. The Balaban J connectivity index is 2.22. The summed E-state index contributed by atoms with van der Waals surface area (Å²) < 4.78 is 0. The zero-order valence-electron chi connectivity index (χ0n) is 16.4. The minimum absolute atomic E-state index is 0.0769. The van der Waals surface area contributed by atoms with Crippen molar-refractivity contribution in [1.82, 2.24) is 20.5 Å². The van der Waals surface area contributed by atoms with Gasteiger partial charge in [0, 0.05) is 25.2 Å². The molecule has 1 aliphatic heterocycles. The van der Waals surface area contributed by atoms with E-state index in [1.54, 1.807) is 33.0 Å². The number of aromatic nitrogens is 1. The third-order valence-corrected chi connectivity index (χ3v) is 4.45. The van der Waals surface area contributed by atoms with Crippen molar-refractivity contribution in [3.05, 3.63) is 41.5 Å². The van der Waals surface area contributed by atoms with Crippen molar-refractivity contribution >= 4 is 17.6 Å². The van der Waals surface area contributed by atoms with Crippen LogP contribution in [0.5, 0.6) is 0 Å². The summed E-state index contributed by atoms with van der Waals surface area (Å²) in [5, 5.41) is 23.9. The zero-order valence-corrected chi connectivity index (χ0v) is 16.4. The van der Waals surface area contributed by atoms with Gasteiger partial charge in [0.1, 0.15) is 11.3 Å². The molecule has 0 bridgehead atoms. The maximum atomic E-state index is 12.6. The summed E-state index contributed by atoms with van der Waals surface area (Å²) >= 11 is 0. The molecule has 2 rings (SSSR count). The second-order valence-corrected chi connectivity index (χ2v) is 7.71. The van der Waals surface area contributed by atoms with E-state index in [2.05, 4.69) is 15.6 Å². The molecule has 0 aromatic carbocycles. The highest BCUT2D eigenvalue weighted by atomic mass is 16.3. The Morgan fingerprint density at radius 2 is 2.07 bits per heavy atom. The fourth-order valence-electron chi connectivity index (χ4n) is 2.72. The number of carbonyl (C=O) groups is 2. The maximum Gasteiger partial charge on any atom is 0.274 e. The van der Waals surface area contributed by atoms with Gasteiger partial charge < -0.3 is 15.7 Å². The lowest BCUT2D eigenvalue weighted by atomic mass is 9.92. The summed E-state index contributed by atoms with van der Waals surface area (Å²) in [7, 11) is 1.64. The molecule has 1 fully saturated rings. The molecule has 2 amide bonds. The number of nitrogens with one attached hydrogen (secondary N) is 3. The van der Waals surface area contributed by atoms with E-state index in [0.717, 1.165) is 0 Å². The molecule has 1 aliphatic rings. The molecule has 0 saturated carbocycles. The normalized spacial score (nSPS) is 17.0. The van der Waals surface area contributed by atoms with E-state index in [9.17, 15) is 14.7 Å². The second kappa shape index (κ2) is 7.48. The molecule has 8 nitrogen and oxygen atoms in total. The van der Waals surface area contributed by atoms with Gasteiger partial charge in [0.25, 0.3) is 5.91 Å². The van der Waals surface area contributed by atoms with E-state index >= 15 is 0 Å². The quantitative estimate of drug-likeness (QED) is 0.459. The number of amidine groups is 1. The van der Waals surface area contributed by atoms with Gasteiger partial charge in [0.2, 0.25) is 5.91 Å². The number of pyridine rings is 1. The summed E-state index contributed by atoms with van der Waals surface area (Å²) in [6.45, 7) is 7.27. The first-order valence-electron chi connectivity index (χ1n) is 8.77. The number of rotatable bonds is 5. The Morgan fingerprint density at radius 1 is 1.41 bits per heavy atom. The van der Waals surface area contributed by atoms with Gasteiger partial charge in [-0.05, 0) is 32.4 Å². The number of amides is 2. The molecule has 0 spiro atoms. The molecular weight excluding hydrogens is 346 g/mol. The Labute approximate surface area is 159 Å². The number of hydrogen-bond donors (Lipinski definition) is 4. The van der Waals surface area contributed by atoms with Crippen molar-refractivity contribution in [3.8, 4) is 0 Å². The number of aliphatic hydroxyl groups is 1. The molecule has 4 N–H and O–H groups in total. The van der Waals surface area contributed by atoms with E-state index in [4.69, 9.17) is 5.41 Å². The second-order valence-electron chi connectivity index (χ2n) is 7.71. The van der Waals surface area contributed by atoms with Crippen LogP contribution in [0.1, 0.15) is 50.3 Å². The van der Waals surface area contributed by atoms with E-state index < -0.39 is 16.9 Å². The first-order chi connectivity index (χ1) is 12.5. The SMILES string of the molecule is CN/C=C(/NC(=O)c1cccc(C(C)(C)O)n1)C(=N)N1CCC(C)(C)C1=O. The average molecular weight is 373 g/mol. The topological polar surface area (TPSA) is 118 Å². The van der Waals surface area contributed by atoms with Gasteiger partial charge in [-0.3, -0.25) is 19.9 Å². The lowest BCUT2D eigenvalue weighted by Crippen LogP contribution is -2.41. The van der Waals surface area contributed by atoms with Crippen LogP contribution in [-0.2, 0) is 10.4 Å². The zero-order chi connectivity index (χ0) is 20.4. The van der Waals surface area contributed by atoms with E-state index in [0.29, 0.717) is 18.7 Å². The van der Waals surface area contributed by atoms with Crippen LogP contribution in [0.4, 0.5) is 0 Å². The van der Waals surface area contributed by atoms with Crippen molar-refractivity contribution in [2.75, 3.05) is 13.6 Å². The number of likely N-dealkylation sites (tertiary alicyclic amines) is 1. The standard InChI is InChI=1S/C19H27N5O3/c1-18(2)9-10-24(17(18)26)15(20)13(11-21-5)23-16(25)12-7-6-8-14(22-12)19(3,4)27/h6-8,11,20-21,27H,9-10H2,1-5H3,(H,23,25)/b13-11+,20-15?. The van der Waals surface area contributed by atoms with Crippen LogP contribution >= 0.6 is 0 Å². The van der Waals surface area contributed by atoms with Gasteiger partial charge in [-0.2, -0.15) is 0 Å². The first-order valence-corrected chi connectivity index (χ1v) is 8.77. The molecule has 0 aliphatic carbocycles. The van der Waals surface area contributed by atoms with Crippen molar-refractivity contribution in [2.24, 2.45) is 5.41 Å². The van der Waals surface area contributed by atoms with Gasteiger partial charge in [0.15, 0.2) is 5.84 Å². The minimum Gasteiger partial charge on any atom is -0.392 e. The Bertz CT molecular complexity index is 793. The molecule has 1 saturated heterocycles. The van der Waals surface area contributed by atoms with Crippen LogP contribution in [0, 0.1) is 10.8 Å². The van der Waals surface area contributed by atoms with Gasteiger partial charge >= 0.3 is 0 Å². The highest BCUT2D eigenvalue weighted by Gasteiger charge is 2.41. The van der Waals surface area contributed by atoms with E-state index in [1.807, 2.05) is 13.8 Å². The van der Waals surface area contributed by atoms with Crippen LogP contribution in [0.15, 0.2) is 30.1 Å². The first kappa shape index (κ1) is 20.6. The fourth-order valence-corrected chi connectivity index (χ4v) is 2.72. The predicted octanol–water partition coefficient (Wildman–Crippen LogP) is 1.34. The summed E-state index contributed by atoms with van der Waals surface area (Å²) in [4.78, 5) is 30.6. The average Bonchev–Trinajstić information content (AvgIpc) is 2.86. The molecule has 0 atom stereocenters. The van der Waals surface area contributed by atoms with Crippen molar-refractivity contribution in [2.45, 2.75) is 39.7 Å². The molecule has 146 valence electrons. The lowest BCUT2D eigenvalue weighted by molar-refractivity contribution is -0.131. The third kappa shape index (κ3) is 4.51. The van der Waals surface area contributed by atoms with Crippen molar-refractivity contribution in [3.63, 3.8) is 0 Å². The molecule has 0 radical (unpaired) electrons. The largest absolute Gasteiger partial charge is 0.392 e. The Morgan fingerprint density at radius 3 is 2.59 bits per heavy atom. The van der Waals surface area contributed by atoms with Gasteiger partial charge in [0.05, 0.1) is 11.4 Å². The highest BCUT2D eigenvalue weighted by Crippen LogP contribution is 2.31. The van der Waals surface area contributed by atoms with Crippen LogP contribution < -0.4 is 10.6 Å². The Hall–Kier alpha value is -2.74. The smallest absolute Gasteiger partial charge is 0.274 e. The number of carbonyl (C=O) groups excluding carboxylic acids is 2. The van der Waals surface area contributed by atoms with Crippen LogP contribution in [-0.4, -0.2) is 46.2 Å². The summed E-state index contributed by atoms with van der Waals surface area (Å²) in [6, 6.07) is 4.79. The van der Waals surface area contributed by atoms with Crippen molar-refractivity contribution < 1.29 is 14.7 Å². The van der Waals surface area contributed by atoms with Gasteiger partial charge in [-0.25, -0.2) is 4.98 Å². The molecular formula is C19H27N5O3. The molecule has 27 heavy (non-hydrogen) atoms. The lowest BCUT2D eigenvalue weighted by Gasteiger charge is -2.22. The minimum atomic E-state index is -1.18. The molecule has 8 heteroatoms.